The van der Waals surface area contributed by atoms with Gasteiger partial charge in [-0.05, 0) is 47.2 Å². The minimum Gasteiger partial charge on any atom is -0.324 e. The number of para-hydroxylation sites is 1. The number of likely N-dealkylation sites (N-methyl/N-ethyl adjacent to an activating group) is 1. The number of nitrogens with zero attached hydrogens (tertiary/aromatic N) is 1. The largest absolute Gasteiger partial charge is 0.324 e. The first-order valence-corrected chi connectivity index (χ1v) is 8.23. The fourth-order valence-electron chi connectivity index (χ4n) is 2.11. The van der Waals surface area contributed by atoms with Gasteiger partial charge in [-0.1, -0.05) is 12.1 Å². The van der Waals surface area contributed by atoms with E-state index in [4.69, 9.17) is 0 Å². The summed E-state index contributed by atoms with van der Waals surface area (Å²) in [6.07, 6.45) is 0. The lowest BCUT2D eigenvalue weighted by Gasteiger charge is -2.16. The van der Waals surface area contributed by atoms with Crippen molar-refractivity contribution >= 4 is 39.1 Å². The van der Waals surface area contributed by atoms with Crippen molar-refractivity contribution in [1.82, 2.24) is 4.90 Å². The maximum Gasteiger partial charge on any atom is 0.238 e. The molecule has 2 N–H and O–H groups in total. The van der Waals surface area contributed by atoms with Crippen LogP contribution in [-0.2, 0) is 9.59 Å². The first-order chi connectivity index (χ1) is 12.3. The Hall–Kier alpha value is -2.39. The fraction of sp³-hybridized carbons (Fsp3) is 0.176. The zero-order chi connectivity index (χ0) is 19.3. The minimum absolute atomic E-state index is 0.102. The molecule has 0 aliphatic rings. The van der Waals surface area contributed by atoms with E-state index in [9.17, 15) is 22.8 Å². The molecule has 0 bridgehead atoms. The Morgan fingerprint density at radius 3 is 2.12 bits per heavy atom. The summed E-state index contributed by atoms with van der Waals surface area (Å²) >= 11 is 3.30. The van der Waals surface area contributed by atoms with E-state index in [2.05, 4.69) is 26.6 Å². The average Bonchev–Trinajstić information content (AvgIpc) is 2.57. The third kappa shape index (κ3) is 5.30. The molecule has 5 nitrogen and oxygen atoms in total. The smallest absolute Gasteiger partial charge is 0.238 e. The molecule has 2 aromatic carbocycles. The van der Waals surface area contributed by atoms with Crippen LogP contribution < -0.4 is 10.6 Å². The van der Waals surface area contributed by atoms with Crippen molar-refractivity contribution in [3.8, 4) is 0 Å². The molecule has 2 rings (SSSR count). The lowest BCUT2D eigenvalue weighted by atomic mass is 10.2. The van der Waals surface area contributed by atoms with E-state index in [0.29, 0.717) is 16.2 Å². The van der Waals surface area contributed by atoms with Crippen molar-refractivity contribution in [1.29, 1.82) is 0 Å². The third-order valence-corrected chi connectivity index (χ3v) is 3.98. The van der Waals surface area contributed by atoms with E-state index in [0.717, 1.165) is 6.07 Å². The Morgan fingerprint density at radius 2 is 1.50 bits per heavy atom. The van der Waals surface area contributed by atoms with Crippen LogP contribution in [0.2, 0.25) is 0 Å². The van der Waals surface area contributed by atoms with Gasteiger partial charge in [-0.15, -0.1) is 0 Å². The molecule has 0 saturated carbocycles. The number of carbonyl (C=O) groups is 2. The summed E-state index contributed by atoms with van der Waals surface area (Å²) in [4.78, 5) is 25.3. The lowest BCUT2D eigenvalue weighted by molar-refractivity contribution is -0.119. The minimum atomic E-state index is -1.66. The molecule has 0 spiro atoms. The first-order valence-electron chi connectivity index (χ1n) is 7.44. The summed E-state index contributed by atoms with van der Waals surface area (Å²) in [7, 11) is 1.51. The molecular weight excluding hydrogens is 415 g/mol. The highest BCUT2D eigenvalue weighted by Crippen LogP contribution is 2.21. The number of nitrogens with one attached hydrogen (secondary N) is 2. The van der Waals surface area contributed by atoms with Crippen LogP contribution in [0.15, 0.2) is 40.9 Å². The Balaban J connectivity index is 1.88. The van der Waals surface area contributed by atoms with Crippen LogP contribution in [0.4, 0.5) is 24.5 Å². The second-order valence-electron chi connectivity index (χ2n) is 5.47. The van der Waals surface area contributed by atoms with Crippen molar-refractivity contribution in [3.05, 3.63) is 58.3 Å². The standard InChI is InChI=1S/C17H15BrF3N3O2/c1-24(8-14(25)22-12-5-3-2-4-10(12)18)9-15(26)23-13-7-6-11(19)16(20)17(13)21/h2-7H,8-9H2,1H3,(H,22,25)(H,23,26). The maximum absolute atomic E-state index is 13.5. The van der Waals surface area contributed by atoms with Gasteiger partial charge in [0.15, 0.2) is 17.5 Å². The van der Waals surface area contributed by atoms with Gasteiger partial charge in [-0.3, -0.25) is 14.5 Å². The lowest BCUT2D eigenvalue weighted by Crippen LogP contribution is -2.36. The molecule has 0 aromatic heterocycles. The molecule has 0 fully saturated rings. The van der Waals surface area contributed by atoms with Crippen LogP contribution in [0.25, 0.3) is 0 Å². The van der Waals surface area contributed by atoms with Crippen molar-refractivity contribution < 1.29 is 22.8 Å². The van der Waals surface area contributed by atoms with E-state index in [1.54, 1.807) is 24.3 Å². The summed E-state index contributed by atoms with van der Waals surface area (Å²) in [5.41, 5.74) is 0.110. The molecule has 138 valence electrons. The van der Waals surface area contributed by atoms with Crippen molar-refractivity contribution in [2.45, 2.75) is 0 Å². The van der Waals surface area contributed by atoms with E-state index < -0.39 is 29.0 Å². The van der Waals surface area contributed by atoms with Crippen LogP contribution in [0.1, 0.15) is 0 Å². The van der Waals surface area contributed by atoms with Gasteiger partial charge in [0, 0.05) is 4.47 Å². The number of amides is 2. The zero-order valence-electron chi connectivity index (χ0n) is 13.7. The predicted octanol–water partition coefficient (Wildman–Crippen LogP) is 3.38. The fourth-order valence-corrected chi connectivity index (χ4v) is 2.49. The molecule has 0 saturated heterocycles. The molecule has 2 aromatic rings. The van der Waals surface area contributed by atoms with Crippen molar-refractivity contribution in [2.24, 2.45) is 0 Å². The normalized spacial score (nSPS) is 10.7. The second-order valence-corrected chi connectivity index (χ2v) is 6.33. The number of carbonyl (C=O) groups excluding carboxylic acids is 2. The van der Waals surface area contributed by atoms with E-state index in [1.807, 2.05) is 0 Å². The highest BCUT2D eigenvalue weighted by Gasteiger charge is 2.17. The molecule has 9 heteroatoms. The zero-order valence-corrected chi connectivity index (χ0v) is 15.2. The first kappa shape index (κ1) is 19.9. The molecule has 0 atom stereocenters. The Bertz CT molecular complexity index is 833. The maximum atomic E-state index is 13.5. The number of benzene rings is 2. The average molecular weight is 430 g/mol. The topological polar surface area (TPSA) is 61.4 Å². The van der Waals surface area contributed by atoms with Crippen LogP contribution >= 0.6 is 15.9 Å². The van der Waals surface area contributed by atoms with Gasteiger partial charge in [0.05, 0.1) is 24.5 Å². The third-order valence-electron chi connectivity index (χ3n) is 3.28. The van der Waals surface area contributed by atoms with E-state index in [-0.39, 0.29) is 19.0 Å². The van der Waals surface area contributed by atoms with Gasteiger partial charge >= 0.3 is 0 Å². The van der Waals surface area contributed by atoms with Gasteiger partial charge in [-0.2, -0.15) is 0 Å². The van der Waals surface area contributed by atoms with Crippen molar-refractivity contribution in [3.63, 3.8) is 0 Å². The Labute approximate surface area is 156 Å². The van der Waals surface area contributed by atoms with E-state index >= 15 is 0 Å². The monoisotopic (exact) mass is 429 g/mol. The summed E-state index contributed by atoms with van der Waals surface area (Å²) in [6, 6.07) is 8.67. The number of rotatable bonds is 6. The Morgan fingerprint density at radius 1 is 0.923 bits per heavy atom. The summed E-state index contributed by atoms with van der Waals surface area (Å²) < 4.78 is 40.3. The second kappa shape index (κ2) is 8.81. The molecule has 0 aliphatic heterocycles. The number of anilines is 2. The summed E-state index contributed by atoms with van der Waals surface area (Å²) in [5, 5.41) is 4.82. The van der Waals surface area contributed by atoms with Gasteiger partial charge in [0.25, 0.3) is 0 Å². The molecule has 0 aliphatic carbocycles. The van der Waals surface area contributed by atoms with Gasteiger partial charge < -0.3 is 10.6 Å². The molecule has 0 radical (unpaired) electrons. The quantitative estimate of drug-likeness (QED) is 0.692. The van der Waals surface area contributed by atoms with Gasteiger partial charge in [0.2, 0.25) is 11.8 Å². The molecule has 0 heterocycles. The van der Waals surface area contributed by atoms with E-state index in [1.165, 1.54) is 11.9 Å². The molecular formula is C17H15BrF3N3O2. The van der Waals surface area contributed by atoms with Crippen LogP contribution in [0, 0.1) is 17.5 Å². The number of hydrogen-bond acceptors (Lipinski definition) is 3. The van der Waals surface area contributed by atoms with Crippen LogP contribution in [-0.4, -0.2) is 36.9 Å². The number of halogens is 4. The van der Waals surface area contributed by atoms with Crippen molar-refractivity contribution in [2.75, 3.05) is 30.8 Å². The van der Waals surface area contributed by atoms with Gasteiger partial charge in [0.1, 0.15) is 0 Å². The summed E-state index contributed by atoms with van der Waals surface area (Å²) in [6.45, 7) is -0.350. The SMILES string of the molecule is CN(CC(=O)Nc1ccccc1Br)CC(=O)Nc1ccc(F)c(F)c1F. The Kier molecular flexibility index (Phi) is 6.76. The van der Waals surface area contributed by atoms with Crippen LogP contribution in [0.5, 0.6) is 0 Å². The highest BCUT2D eigenvalue weighted by molar-refractivity contribution is 9.10. The molecule has 0 unspecified atom stereocenters. The summed E-state index contributed by atoms with van der Waals surface area (Å²) in [5.74, 6) is -5.52. The number of hydrogen-bond donors (Lipinski definition) is 2. The highest BCUT2D eigenvalue weighted by atomic mass is 79.9. The molecule has 2 amide bonds. The van der Waals surface area contributed by atoms with Gasteiger partial charge in [-0.25, -0.2) is 13.2 Å². The molecule has 26 heavy (non-hydrogen) atoms. The predicted molar refractivity (Wildman–Crippen MR) is 95.2 cm³/mol. The van der Waals surface area contributed by atoms with Crippen LogP contribution in [0.3, 0.4) is 0 Å².